The lowest BCUT2D eigenvalue weighted by molar-refractivity contribution is -0.0609. The fourth-order valence-corrected chi connectivity index (χ4v) is 7.21. The highest BCUT2D eigenvalue weighted by molar-refractivity contribution is 5.58. The van der Waals surface area contributed by atoms with Crippen molar-refractivity contribution in [2.45, 2.75) is 89.8 Å². The van der Waals surface area contributed by atoms with Crippen LogP contribution in [0.25, 0.3) is 6.08 Å². The van der Waals surface area contributed by atoms with Gasteiger partial charge in [-0.25, -0.2) is 4.39 Å². The first-order valence-electron chi connectivity index (χ1n) is 13.9. The van der Waals surface area contributed by atoms with Crippen LogP contribution in [-0.2, 0) is 0 Å². The predicted molar refractivity (Wildman–Crippen MR) is 146 cm³/mol. The summed E-state index contributed by atoms with van der Waals surface area (Å²) < 4.78 is 13.5. The molecule has 5 rings (SSSR count). The number of aliphatic hydroxyl groups excluding tert-OH is 1. The number of hydrogen-bond donors (Lipinski definition) is 2. The van der Waals surface area contributed by atoms with E-state index in [1.807, 2.05) is 12.1 Å². The van der Waals surface area contributed by atoms with Crippen molar-refractivity contribution >= 4 is 6.08 Å². The van der Waals surface area contributed by atoms with Crippen LogP contribution >= 0.6 is 0 Å². The van der Waals surface area contributed by atoms with Crippen LogP contribution in [0.3, 0.4) is 0 Å². The standard InChI is InChI=1S/C33H40FNO/c1-23-30-17-16-27(32(33(30,2)19-18-31(23)36)35-29-12-4-3-5-13-29)21-26-10-6-8-24(20-26)14-15-25-9-7-11-28(34)22-25/h6-11,20-23,29-32,35-36H,3-5,12-13,16-19H2,1-2H3/b27-21+/t23?,30?,31?,32?,33-/m0/s1. The summed E-state index contributed by atoms with van der Waals surface area (Å²) in [6, 6.07) is 15.8. The molecule has 5 atom stereocenters. The normalized spacial score (nSPS) is 31.9. The Bertz CT molecular complexity index is 1150. The topological polar surface area (TPSA) is 32.3 Å². The molecule has 2 N–H and O–H groups in total. The van der Waals surface area contributed by atoms with Crippen molar-refractivity contribution in [3.8, 4) is 11.8 Å². The fourth-order valence-electron chi connectivity index (χ4n) is 7.21. The van der Waals surface area contributed by atoms with Crippen molar-refractivity contribution in [3.63, 3.8) is 0 Å². The molecule has 36 heavy (non-hydrogen) atoms. The zero-order valence-corrected chi connectivity index (χ0v) is 21.8. The van der Waals surface area contributed by atoms with Crippen molar-refractivity contribution in [2.24, 2.45) is 17.3 Å². The molecule has 0 aromatic heterocycles. The van der Waals surface area contributed by atoms with Crippen LogP contribution in [0.1, 0.15) is 88.3 Å². The van der Waals surface area contributed by atoms with Gasteiger partial charge in [-0.2, -0.15) is 0 Å². The number of nitrogens with one attached hydrogen (secondary N) is 1. The summed E-state index contributed by atoms with van der Waals surface area (Å²) in [5.41, 5.74) is 4.47. The molecule has 4 unspecified atom stereocenters. The van der Waals surface area contributed by atoms with Gasteiger partial charge in [-0.15, -0.1) is 0 Å². The van der Waals surface area contributed by atoms with Crippen LogP contribution in [0.2, 0.25) is 0 Å². The molecule has 0 bridgehead atoms. The Hall–Kier alpha value is -2.41. The molecule has 0 heterocycles. The van der Waals surface area contributed by atoms with Gasteiger partial charge >= 0.3 is 0 Å². The first-order valence-corrected chi connectivity index (χ1v) is 13.9. The molecule has 0 amide bonds. The first-order chi connectivity index (χ1) is 17.4. The molecule has 3 heteroatoms. The summed E-state index contributed by atoms with van der Waals surface area (Å²) >= 11 is 0. The van der Waals surface area contributed by atoms with Crippen molar-refractivity contribution in [1.82, 2.24) is 5.32 Å². The third-order valence-corrected chi connectivity index (χ3v) is 9.26. The minimum Gasteiger partial charge on any atom is -0.393 e. The molecule has 3 fully saturated rings. The van der Waals surface area contributed by atoms with Gasteiger partial charge < -0.3 is 10.4 Å². The largest absolute Gasteiger partial charge is 0.393 e. The molecular weight excluding hydrogens is 445 g/mol. The summed E-state index contributed by atoms with van der Waals surface area (Å²) in [4.78, 5) is 0. The van der Waals surface area contributed by atoms with Gasteiger partial charge in [-0.05, 0) is 91.7 Å². The van der Waals surface area contributed by atoms with E-state index in [0.29, 0.717) is 29.5 Å². The van der Waals surface area contributed by atoms with Gasteiger partial charge in [0, 0.05) is 23.2 Å². The van der Waals surface area contributed by atoms with E-state index in [4.69, 9.17) is 0 Å². The second kappa shape index (κ2) is 10.9. The molecule has 3 aliphatic carbocycles. The molecule has 190 valence electrons. The van der Waals surface area contributed by atoms with Gasteiger partial charge in [0.15, 0.2) is 0 Å². The second-order valence-electron chi connectivity index (χ2n) is 11.7. The van der Waals surface area contributed by atoms with E-state index >= 15 is 0 Å². The van der Waals surface area contributed by atoms with Crippen molar-refractivity contribution in [1.29, 1.82) is 0 Å². The lowest BCUT2D eigenvalue weighted by atomic mass is 9.53. The number of halogens is 1. The fraction of sp³-hybridized carbons (Fsp3) is 0.515. The highest BCUT2D eigenvalue weighted by atomic mass is 19.1. The maximum atomic E-state index is 13.5. The van der Waals surface area contributed by atoms with Gasteiger partial charge in [0.2, 0.25) is 0 Å². The van der Waals surface area contributed by atoms with E-state index in [2.05, 4.69) is 55.3 Å². The SMILES string of the molecule is CC1C(O)CC[C@]2(C)C(NC3CCCCC3)/C(=C/c3cccc(C#Cc4cccc(F)c4)c3)CCC12. The molecule has 3 saturated carbocycles. The molecule has 2 nitrogen and oxygen atoms in total. The number of rotatable bonds is 3. The maximum absolute atomic E-state index is 13.5. The highest BCUT2D eigenvalue weighted by Gasteiger charge is 2.52. The molecule has 2 aromatic rings. The molecule has 0 radical (unpaired) electrons. The number of aliphatic hydroxyl groups is 1. The van der Waals surface area contributed by atoms with Crippen LogP contribution < -0.4 is 5.32 Å². The maximum Gasteiger partial charge on any atom is 0.124 e. The average molecular weight is 486 g/mol. The van der Waals surface area contributed by atoms with Crippen LogP contribution in [0, 0.1) is 34.9 Å². The minimum atomic E-state index is -0.259. The number of fused-ring (bicyclic) bond motifs is 1. The summed E-state index contributed by atoms with van der Waals surface area (Å²) in [7, 11) is 0. The van der Waals surface area contributed by atoms with Crippen molar-refractivity contribution in [3.05, 3.63) is 76.6 Å². The summed E-state index contributed by atoms with van der Waals surface area (Å²) in [6.07, 6.45) is 13.0. The monoisotopic (exact) mass is 485 g/mol. The van der Waals surface area contributed by atoms with E-state index in [9.17, 15) is 9.50 Å². The van der Waals surface area contributed by atoms with Gasteiger partial charge in [0.05, 0.1) is 6.10 Å². The van der Waals surface area contributed by atoms with E-state index in [0.717, 1.165) is 31.2 Å². The molecular formula is C33H40FNO. The number of benzene rings is 2. The zero-order chi connectivity index (χ0) is 25.1. The van der Waals surface area contributed by atoms with E-state index in [1.54, 1.807) is 6.07 Å². The van der Waals surface area contributed by atoms with Crippen molar-refractivity contribution < 1.29 is 9.50 Å². The highest BCUT2D eigenvalue weighted by Crippen LogP contribution is 2.54. The third-order valence-electron chi connectivity index (χ3n) is 9.26. The zero-order valence-electron chi connectivity index (χ0n) is 21.8. The first kappa shape index (κ1) is 25.2. The minimum absolute atomic E-state index is 0.162. The Morgan fingerprint density at radius 1 is 0.972 bits per heavy atom. The van der Waals surface area contributed by atoms with Crippen LogP contribution in [0.5, 0.6) is 0 Å². The van der Waals surface area contributed by atoms with Crippen molar-refractivity contribution in [2.75, 3.05) is 0 Å². The van der Waals surface area contributed by atoms with Crippen LogP contribution in [0.4, 0.5) is 4.39 Å². The average Bonchev–Trinajstić information content (AvgIpc) is 2.88. The lowest BCUT2D eigenvalue weighted by Crippen LogP contribution is -2.59. The molecule has 2 aromatic carbocycles. The number of hydrogen-bond acceptors (Lipinski definition) is 2. The molecule has 0 saturated heterocycles. The lowest BCUT2D eigenvalue weighted by Gasteiger charge is -2.56. The van der Waals surface area contributed by atoms with E-state index < -0.39 is 0 Å². The summed E-state index contributed by atoms with van der Waals surface area (Å²) in [5.74, 6) is 6.95. The van der Waals surface area contributed by atoms with Gasteiger partial charge in [0.1, 0.15) is 5.82 Å². The summed E-state index contributed by atoms with van der Waals surface area (Å²) in [5, 5.41) is 14.8. The Morgan fingerprint density at radius 2 is 1.69 bits per heavy atom. The molecule has 0 aliphatic heterocycles. The predicted octanol–water partition coefficient (Wildman–Crippen LogP) is 7.11. The van der Waals surface area contributed by atoms with Gasteiger partial charge in [0.25, 0.3) is 0 Å². The third kappa shape index (κ3) is 5.46. The second-order valence-corrected chi connectivity index (χ2v) is 11.7. The quantitative estimate of drug-likeness (QED) is 0.454. The molecule has 3 aliphatic rings. The van der Waals surface area contributed by atoms with E-state index in [1.165, 1.54) is 55.4 Å². The summed E-state index contributed by atoms with van der Waals surface area (Å²) in [6.45, 7) is 4.74. The van der Waals surface area contributed by atoms with Gasteiger partial charge in [-0.3, -0.25) is 0 Å². The Balaban J connectivity index is 1.44. The molecule has 0 spiro atoms. The van der Waals surface area contributed by atoms with Gasteiger partial charge in [-0.1, -0.05) is 74.8 Å². The Morgan fingerprint density at radius 3 is 2.44 bits per heavy atom. The Labute approximate surface area is 216 Å². The van der Waals surface area contributed by atoms with E-state index in [-0.39, 0.29) is 17.3 Å². The van der Waals surface area contributed by atoms with Crippen LogP contribution in [-0.4, -0.2) is 23.3 Å². The Kier molecular flexibility index (Phi) is 7.65. The smallest absolute Gasteiger partial charge is 0.124 e. The van der Waals surface area contributed by atoms with Crippen LogP contribution in [0.15, 0.2) is 54.1 Å².